The normalized spacial score (nSPS) is 50.3. The molecule has 2 amide bonds. The fourth-order valence-corrected chi connectivity index (χ4v) is 10.7. The van der Waals surface area contributed by atoms with Gasteiger partial charge in [0.05, 0.1) is 46.2 Å². The average Bonchev–Trinajstić information content (AvgIpc) is 1.64. The van der Waals surface area contributed by atoms with Crippen LogP contribution in [0.1, 0.15) is 13.8 Å². The van der Waals surface area contributed by atoms with Gasteiger partial charge in [0.15, 0.2) is 44.0 Å². The van der Waals surface area contributed by atoms with Gasteiger partial charge in [-0.1, -0.05) is 0 Å². The van der Waals surface area contributed by atoms with Gasteiger partial charge in [-0.3, -0.25) is 9.59 Å². The maximum atomic E-state index is 13.0. The lowest BCUT2D eigenvalue weighted by atomic mass is 9.93. The first-order chi connectivity index (χ1) is 39.7. The Hall–Kier alpha value is -2.42. The quantitative estimate of drug-likeness (QED) is 0.0507. The second-order valence-corrected chi connectivity index (χ2v) is 21.1. The molecule has 7 heterocycles. The number of rotatable bonds is 21. The number of carbonyl (C=O) groups excluding carboxylic acids is 2. The van der Waals surface area contributed by atoms with Crippen molar-refractivity contribution in [2.24, 2.45) is 0 Å². The third-order valence-electron chi connectivity index (χ3n) is 15.3. The van der Waals surface area contributed by atoms with Crippen molar-refractivity contribution in [1.29, 1.82) is 0 Å². The van der Waals surface area contributed by atoms with Gasteiger partial charge < -0.3 is 179 Å². The summed E-state index contributed by atoms with van der Waals surface area (Å²) in [4.78, 5) is 25.8. The maximum absolute atomic E-state index is 13.0. The number of nitrogens with one attached hydrogen (secondary N) is 2. The van der Waals surface area contributed by atoms with Gasteiger partial charge in [-0.05, 0) is 0 Å². The van der Waals surface area contributed by atoms with Gasteiger partial charge >= 0.3 is 0 Å². The van der Waals surface area contributed by atoms with E-state index in [1.54, 1.807) is 0 Å². The van der Waals surface area contributed by atoms with E-state index in [0.717, 1.165) is 13.8 Å². The number of carbonyl (C=O) groups is 2. The van der Waals surface area contributed by atoms with E-state index in [1.807, 2.05) is 0 Å². The molecule has 0 aromatic heterocycles. The van der Waals surface area contributed by atoms with Gasteiger partial charge in [-0.25, -0.2) is 0 Å². The molecule has 7 aliphatic rings. The van der Waals surface area contributed by atoms with Crippen LogP contribution in [0.2, 0.25) is 0 Å². The highest BCUT2D eigenvalue weighted by Crippen LogP contribution is 2.38. The van der Waals surface area contributed by atoms with Crippen LogP contribution in [-0.2, 0) is 71.2 Å². The first-order valence-corrected chi connectivity index (χ1v) is 26.6. The molecule has 38 heteroatoms. The molecule has 23 N–H and O–H groups in total. The Morgan fingerprint density at radius 2 is 0.643 bits per heavy atom. The zero-order chi connectivity index (χ0) is 61.9. The summed E-state index contributed by atoms with van der Waals surface area (Å²) in [6.07, 6.45) is -64.8. The minimum Gasteiger partial charge on any atom is -0.394 e. The first-order valence-electron chi connectivity index (χ1n) is 26.6. The topological polar surface area (TPSA) is 603 Å². The third-order valence-corrected chi connectivity index (χ3v) is 15.3. The number of hydrogen-bond acceptors (Lipinski definition) is 36. The fourth-order valence-electron chi connectivity index (χ4n) is 10.7. The van der Waals surface area contributed by atoms with Gasteiger partial charge in [0, 0.05) is 13.8 Å². The van der Waals surface area contributed by atoms with E-state index in [-0.39, 0.29) is 0 Å². The molecule has 7 saturated heterocycles. The Morgan fingerprint density at radius 3 is 1.15 bits per heavy atom. The lowest BCUT2D eigenvalue weighted by Gasteiger charge is -2.51. The molecule has 0 aliphatic carbocycles. The lowest BCUT2D eigenvalue weighted by Crippen LogP contribution is -2.71. The second-order valence-electron chi connectivity index (χ2n) is 21.1. The largest absolute Gasteiger partial charge is 0.394 e. The lowest BCUT2D eigenvalue weighted by molar-refractivity contribution is -0.386. The second kappa shape index (κ2) is 29.9. The van der Waals surface area contributed by atoms with Crippen LogP contribution >= 0.6 is 0 Å². The third kappa shape index (κ3) is 14.7. The minimum atomic E-state index is -2.33. The van der Waals surface area contributed by atoms with Crippen molar-refractivity contribution in [3.63, 3.8) is 0 Å². The molecule has 0 spiro atoms. The van der Waals surface area contributed by atoms with E-state index >= 15 is 0 Å². The van der Waals surface area contributed by atoms with E-state index in [4.69, 9.17) is 61.6 Å². The summed E-state index contributed by atoms with van der Waals surface area (Å²) in [7, 11) is 0. The van der Waals surface area contributed by atoms with Crippen molar-refractivity contribution < 1.29 is 178 Å². The van der Waals surface area contributed by atoms with Crippen LogP contribution in [-0.4, -0.2) is 380 Å². The van der Waals surface area contributed by atoms with Gasteiger partial charge in [0.1, 0.15) is 171 Å². The molecule has 7 rings (SSSR count). The minimum absolute atomic E-state index is 0.887. The van der Waals surface area contributed by atoms with Crippen LogP contribution in [0.5, 0.6) is 0 Å². The van der Waals surface area contributed by atoms with Gasteiger partial charge in [-0.15, -0.1) is 0 Å². The Kier molecular flexibility index (Phi) is 24.6. The van der Waals surface area contributed by atoms with Crippen LogP contribution in [0.3, 0.4) is 0 Å². The molecule has 488 valence electrons. The number of hydrogen-bond donors (Lipinski definition) is 23. The molecule has 0 saturated carbocycles. The number of aliphatic hydroxyl groups is 21. The SMILES string of the molecule is CC(=O)N[C@H]1[C@H](O[C@@H]2[C@H](O)[C@H](O[C@H]3[C@H](O)[C@@H](O)[C@H](O)O[C@@H]3CO)O[C@H](CO)[C@H]2O)O[C@H](CO)[C@@H](O[C@@H]2O[C@H](CO)[C@H](O)[C@H](O[C@H]3O[C@H](CO[C@H]4O[C@H](CO)[C@H](O)[C@H](O)[C@H]4O)[C@H](O)[C@H](O[C@@H]4O[C@H](CO)[C@H](O)[C@H](O)[C@H]4O)[C@H]3O)[C@H]2NC(C)=O)[C@@H]1O. The van der Waals surface area contributed by atoms with Crippen molar-refractivity contribution in [2.75, 3.05) is 46.2 Å². The Bertz CT molecular complexity index is 2060. The monoisotopic (exact) mass is 1230 g/mol. The summed E-state index contributed by atoms with van der Waals surface area (Å²) < 4.78 is 74.5. The van der Waals surface area contributed by atoms with Crippen molar-refractivity contribution in [3.8, 4) is 0 Å². The molecule has 0 radical (unpaired) electrons. The number of amides is 2. The van der Waals surface area contributed by atoms with E-state index < -0.39 is 273 Å². The summed E-state index contributed by atoms with van der Waals surface area (Å²) in [6.45, 7) is -4.98. The van der Waals surface area contributed by atoms with E-state index in [1.165, 1.54) is 0 Å². The Balaban J connectivity index is 1.15. The van der Waals surface area contributed by atoms with Crippen molar-refractivity contribution in [1.82, 2.24) is 10.6 Å². The van der Waals surface area contributed by atoms with E-state index in [0.29, 0.717) is 0 Å². The van der Waals surface area contributed by atoms with Gasteiger partial charge in [0.2, 0.25) is 11.8 Å². The fraction of sp³-hybridized carbons (Fsp3) is 0.957. The van der Waals surface area contributed by atoms with Crippen molar-refractivity contribution >= 4 is 11.8 Å². The van der Waals surface area contributed by atoms with Crippen molar-refractivity contribution in [2.45, 2.75) is 229 Å². The predicted molar refractivity (Wildman–Crippen MR) is 255 cm³/mol. The smallest absolute Gasteiger partial charge is 0.217 e. The van der Waals surface area contributed by atoms with Gasteiger partial charge in [0.25, 0.3) is 0 Å². The highest BCUT2D eigenvalue weighted by atomic mass is 16.8. The molecule has 0 aromatic rings. The highest BCUT2D eigenvalue weighted by molar-refractivity contribution is 5.73. The van der Waals surface area contributed by atoms with E-state index in [9.17, 15) is 117 Å². The molecular formula is C46H78N2O36. The maximum Gasteiger partial charge on any atom is 0.217 e. The molecule has 38 nitrogen and oxygen atoms in total. The molecule has 84 heavy (non-hydrogen) atoms. The standard InChI is InChI=1S/C46H78N2O36/c1-10(55)47-19-26(62)35(17(8-54)78-41(19)83-38-24(60)15(6-52)77-45(33(38)69)81-36-16(7-53)73-40(71)30(66)29(36)65)80-42-20(48-11(2)56)37(23(59)14(5-51)74-42)82-46-34(70)39(84-44-32(68)28(64)22(58)13(4-50)76-44)25(61)18(79-46)9-72-43-31(67)27(63)21(57)12(3-49)75-43/h12-46,49-54,57-71H,3-9H2,1-2H3,(H,47,55)(H,48,56)/t12-,13-,14-,15-,16-,17-,18-,19-,20-,21+,22+,23+,24-,25+,26-,27+,28+,29-,30-,31-,32-,33+,34-,35-,36-,37-,38+,39+,40-,41+,42+,43+,44+,45+,46-/m1/s1. The molecule has 0 unspecified atom stereocenters. The predicted octanol–water partition coefficient (Wildman–Crippen LogP) is -16.0. The van der Waals surface area contributed by atoms with Crippen LogP contribution < -0.4 is 10.6 Å². The Morgan fingerprint density at radius 1 is 0.310 bits per heavy atom. The number of aliphatic hydroxyl groups excluding tert-OH is 21. The van der Waals surface area contributed by atoms with Crippen LogP contribution in [0.15, 0.2) is 0 Å². The summed E-state index contributed by atoms with van der Waals surface area (Å²) in [5.41, 5.74) is 0. The summed E-state index contributed by atoms with van der Waals surface area (Å²) in [5, 5.41) is 230. The molecule has 0 bridgehead atoms. The summed E-state index contributed by atoms with van der Waals surface area (Å²) >= 11 is 0. The molecule has 0 aromatic carbocycles. The Labute approximate surface area is 475 Å². The highest BCUT2D eigenvalue weighted by Gasteiger charge is 2.59. The van der Waals surface area contributed by atoms with E-state index in [2.05, 4.69) is 10.6 Å². The molecular weight excluding hydrogens is 1160 g/mol. The first kappa shape index (κ1) is 69.1. The molecule has 35 atom stereocenters. The molecule has 7 fully saturated rings. The number of ether oxygens (including phenoxy) is 13. The van der Waals surface area contributed by atoms with Crippen molar-refractivity contribution in [3.05, 3.63) is 0 Å². The van der Waals surface area contributed by atoms with Crippen LogP contribution in [0.4, 0.5) is 0 Å². The zero-order valence-electron chi connectivity index (χ0n) is 44.7. The summed E-state index contributed by atoms with van der Waals surface area (Å²) in [5.74, 6) is -1.83. The van der Waals surface area contributed by atoms with Crippen LogP contribution in [0, 0.1) is 0 Å². The zero-order valence-corrected chi connectivity index (χ0v) is 44.7. The summed E-state index contributed by atoms with van der Waals surface area (Å²) in [6, 6.07) is -3.75. The van der Waals surface area contributed by atoms with Gasteiger partial charge in [-0.2, -0.15) is 0 Å². The van der Waals surface area contributed by atoms with Crippen LogP contribution in [0.25, 0.3) is 0 Å². The average molecular weight is 1240 g/mol. The molecule has 7 aliphatic heterocycles.